The second-order valence-electron chi connectivity index (χ2n) is 8.17. The SMILES string of the molecule is C[C@H](N)C(=O)NCc1cccc(-n2nc(C(F)(F)F)cc2C(=O)NCc2ccc(-c3csnn3)cc2)c1. The quantitative estimate of drug-likeness (QED) is 0.321. The van der Waals surface area contributed by atoms with Gasteiger partial charge in [0.1, 0.15) is 11.4 Å². The lowest BCUT2D eigenvalue weighted by Crippen LogP contribution is -2.37. The van der Waals surface area contributed by atoms with Crippen LogP contribution in [0.15, 0.2) is 60.0 Å². The lowest BCUT2D eigenvalue weighted by Gasteiger charge is -2.11. The van der Waals surface area contributed by atoms with Crippen molar-refractivity contribution in [1.29, 1.82) is 0 Å². The van der Waals surface area contributed by atoms with Crippen LogP contribution in [0.4, 0.5) is 13.2 Å². The minimum Gasteiger partial charge on any atom is -0.351 e. The molecule has 0 saturated heterocycles. The molecule has 37 heavy (non-hydrogen) atoms. The molecule has 4 rings (SSSR count). The summed E-state index contributed by atoms with van der Waals surface area (Å²) in [6, 6.07) is 13.5. The molecule has 0 saturated carbocycles. The smallest absolute Gasteiger partial charge is 0.351 e. The van der Waals surface area contributed by atoms with Gasteiger partial charge in [0.2, 0.25) is 5.91 Å². The Kier molecular flexibility index (Phi) is 7.64. The third kappa shape index (κ3) is 6.37. The van der Waals surface area contributed by atoms with Gasteiger partial charge in [0, 0.05) is 30.1 Å². The van der Waals surface area contributed by atoms with Gasteiger partial charge in [-0.3, -0.25) is 9.59 Å². The zero-order chi connectivity index (χ0) is 26.6. The van der Waals surface area contributed by atoms with Gasteiger partial charge in [-0.15, -0.1) is 5.10 Å². The van der Waals surface area contributed by atoms with Gasteiger partial charge >= 0.3 is 6.18 Å². The lowest BCUT2D eigenvalue weighted by molar-refractivity contribution is -0.141. The summed E-state index contributed by atoms with van der Waals surface area (Å²) in [5.41, 5.74) is 7.20. The number of benzene rings is 2. The van der Waals surface area contributed by atoms with E-state index in [0.717, 1.165) is 21.5 Å². The van der Waals surface area contributed by atoms with Crippen molar-refractivity contribution in [3.05, 3.63) is 82.5 Å². The summed E-state index contributed by atoms with van der Waals surface area (Å²) in [5, 5.41) is 14.7. The molecule has 0 fully saturated rings. The van der Waals surface area contributed by atoms with E-state index in [-0.39, 0.29) is 30.4 Å². The van der Waals surface area contributed by atoms with Crippen LogP contribution in [0.25, 0.3) is 16.9 Å². The number of carbonyl (C=O) groups excluding carboxylic acids is 2. The second-order valence-corrected chi connectivity index (χ2v) is 8.78. The molecule has 0 radical (unpaired) electrons. The molecule has 0 spiro atoms. The number of amides is 2. The number of hydrogen-bond acceptors (Lipinski definition) is 7. The molecule has 13 heteroatoms. The van der Waals surface area contributed by atoms with Crippen molar-refractivity contribution in [2.75, 3.05) is 0 Å². The van der Waals surface area contributed by atoms with E-state index in [0.29, 0.717) is 11.6 Å². The first-order valence-corrected chi connectivity index (χ1v) is 11.9. The Morgan fingerprint density at radius 2 is 1.78 bits per heavy atom. The standard InChI is InChI=1S/C24H22F3N7O2S/c1-14(28)22(35)29-12-16-3-2-4-18(9-16)34-20(10-21(32-34)24(25,26)27)23(36)30-11-15-5-7-17(8-6-15)19-13-37-33-31-19/h2-10,13-14H,11-12,28H2,1H3,(H,29,35)(H,30,36)/t14-/m0/s1. The molecule has 0 aliphatic rings. The van der Waals surface area contributed by atoms with Gasteiger partial charge in [0.05, 0.1) is 11.7 Å². The van der Waals surface area contributed by atoms with Crippen LogP contribution in [0.3, 0.4) is 0 Å². The van der Waals surface area contributed by atoms with Gasteiger partial charge in [-0.2, -0.15) is 18.3 Å². The number of carbonyl (C=O) groups is 2. The molecule has 4 N–H and O–H groups in total. The zero-order valence-corrected chi connectivity index (χ0v) is 20.3. The van der Waals surface area contributed by atoms with Crippen molar-refractivity contribution in [2.45, 2.75) is 32.2 Å². The van der Waals surface area contributed by atoms with Gasteiger partial charge in [-0.25, -0.2) is 4.68 Å². The van der Waals surface area contributed by atoms with E-state index >= 15 is 0 Å². The van der Waals surface area contributed by atoms with Crippen molar-refractivity contribution < 1.29 is 22.8 Å². The Balaban J connectivity index is 1.54. The molecule has 0 aliphatic heterocycles. The Morgan fingerprint density at radius 1 is 1.05 bits per heavy atom. The summed E-state index contributed by atoms with van der Waals surface area (Å²) in [6.07, 6.45) is -4.75. The molecule has 192 valence electrons. The molecule has 2 aromatic heterocycles. The van der Waals surface area contributed by atoms with E-state index in [2.05, 4.69) is 25.3 Å². The van der Waals surface area contributed by atoms with Crippen LogP contribution < -0.4 is 16.4 Å². The monoisotopic (exact) mass is 529 g/mol. The second kappa shape index (κ2) is 10.9. The Bertz CT molecular complexity index is 1380. The highest BCUT2D eigenvalue weighted by Gasteiger charge is 2.36. The third-order valence-electron chi connectivity index (χ3n) is 5.33. The Hall–Kier alpha value is -4.10. The molecule has 2 aromatic carbocycles. The first kappa shape index (κ1) is 26.0. The molecule has 0 aliphatic carbocycles. The van der Waals surface area contributed by atoms with Crippen LogP contribution in [-0.4, -0.2) is 37.2 Å². The molecule has 2 heterocycles. The predicted octanol–water partition coefficient (Wildman–Crippen LogP) is 3.30. The number of alkyl halides is 3. The molecular formula is C24H22F3N7O2S. The highest BCUT2D eigenvalue weighted by molar-refractivity contribution is 7.03. The van der Waals surface area contributed by atoms with E-state index in [4.69, 9.17) is 5.73 Å². The maximum atomic E-state index is 13.5. The van der Waals surface area contributed by atoms with Crippen LogP contribution in [-0.2, 0) is 24.1 Å². The highest BCUT2D eigenvalue weighted by Crippen LogP contribution is 2.30. The number of aromatic nitrogens is 4. The fourth-order valence-electron chi connectivity index (χ4n) is 3.38. The molecule has 9 nitrogen and oxygen atoms in total. The van der Waals surface area contributed by atoms with Gasteiger partial charge in [0.15, 0.2) is 5.69 Å². The fraction of sp³-hybridized carbons (Fsp3) is 0.208. The number of nitrogens with one attached hydrogen (secondary N) is 2. The minimum atomic E-state index is -4.75. The molecular weight excluding hydrogens is 507 g/mol. The maximum Gasteiger partial charge on any atom is 0.435 e. The van der Waals surface area contributed by atoms with Crippen molar-refractivity contribution in [3.8, 4) is 16.9 Å². The average molecular weight is 530 g/mol. The van der Waals surface area contributed by atoms with E-state index in [9.17, 15) is 22.8 Å². The van der Waals surface area contributed by atoms with Crippen molar-refractivity contribution >= 4 is 23.3 Å². The van der Waals surface area contributed by atoms with E-state index in [1.54, 1.807) is 29.6 Å². The van der Waals surface area contributed by atoms with Gasteiger partial charge in [0.25, 0.3) is 5.91 Å². The number of rotatable bonds is 8. The first-order chi connectivity index (χ1) is 17.6. The zero-order valence-electron chi connectivity index (χ0n) is 19.5. The van der Waals surface area contributed by atoms with Crippen LogP contribution >= 0.6 is 11.5 Å². The first-order valence-electron chi connectivity index (χ1n) is 11.1. The predicted molar refractivity (Wildman–Crippen MR) is 131 cm³/mol. The number of hydrogen-bond donors (Lipinski definition) is 3. The average Bonchev–Trinajstić information content (AvgIpc) is 3.57. The van der Waals surface area contributed by atoms with Crippen LogP contribution in [0.2, 0.25) is 0 Å². The normalized spacial score (nSPS) is 12.2. The lowest BCUT2D eigenvalue weighted by atomic mass is 10.1. The highest BCUT2D eigenvalue weighted by atomic mass is 32.1. The van der Waals surface area contributed by atoms with Gasteiger partial charge in [-0.05, 0) is 41.7 Å². The summed E-state index contributed by atoms with van der Waals surface area (Å²) in [7, 11) is 0. The Morgan fingerprint density at radius 3 is 2.43 bits per heavy atom. The van der Waals surface area contributed by atoms with E-state index < -0.39 is 23.8 Å². The largest absolute Gasteiger partial charge is 0.435 e. The topological polar surface area (TPSA) is 128 Å². The summed E-state index contributed by atoms with van der Waals surface area (Å²) in [6.45, 7) is 1.73. The van der Waals surface area contributed by atoms with Crippen molar-refractivity contribution in [2.24, 2.45) is 5.73 Å². The summed E-state index contributed by atoms with van der Waals surface area (Å²) in [4.78, 5) is 24.7. The molecule has 0 unspecified atom stereocenters. The van der Waals surface area contributed by atoms with E-state index in [1.165, 1.54) is 30.6 Å². The fourth-order valence-corrected chi connectivity index (χ4v) is 3.85. The summed E-state index contributed by atoms with van der Waals surface area (Å²) < 4.78 is 45.1. The van der Waals surface area contributed by atoms with Crippen LogP contribution in [0.5, 0.6) is 0 Å². The van der Waals surface area contributed by atoms with Crippen molar-refractivity contribution in [1.82, 2.24) is 30.0 Å². The maximum absolute atomic E-state index is 13.5. The molecule has 1 atom stereocenters. The van der Waals surface area contributed by atoms with Crippen molar-refractivity contribution in [3.63, 3.8) is 0 Å². The third-order valence-corrected chi connectivity index (χ3v) is 5.84. The Labute approximate surface area is 213 Å². The van der Waals surface area contributed by atoms with Gasteiger partial charge < -0.3 is 16.4 Å². The van der Waals surface area contributed by atoms with Crippen LogP contribution in [0.1, 0.15) is 34.2 Å². The van der Waals surface area contributed by atoms with Crippen LogP contribution in [0, 0.1) is 0 Å². The molecule has 4 aromatic rings. The minimum absolute atomic E-state index is 0.0876. The summed E-state index contributed by atoms with van der Waals surface area (Å²) >= 11 is 1.23. The number of nitrogens with two attached hydrogens (primary N) is 1. The van der Waals surface area contributed by atoms with Gasteiger partial charge in [-0.1, -0.05) is 40.9 Å². The molecule has 0 bridgehead atoms. The molecule has 2 amide bonds. The van der Waals surface area contributed by atoms with E-state index in [1.807, 2.05) is 12.1 Å². The summed E-state index contributed by atoms with van der Waals surface area (Å²) in [5.74, 6) is -1.10. The number of nitrogens with zero attached hydrogens (tertiary/aromatic N) is 4. The number of halogens is 3.